The molecule has 0 bridgehead atoms. The van der Waals surface area contributed by atoms with E-state index in [4.69, 9.17) is 16.2 Å². The highest BCUT2D eigenvalue weighted by Gasteiger charge is 2.09. The van der Waals surface area contributed by atoms with Crippen LogP contribution in [0.25, 0.3) is 0 Å². The van der Waals surface area contributed by atoms with Gasteiger partial charge in [0.15, 0.2) is 0 Å². The molecule has 0 aromatic heterocycles. The van der Waals surface area contributed by atoms with Crippen LogP contribution in [0, 0.1) is 0 Å². The van der Waals surface area contributed by atoms with Gasteiger partial charge in [-0.05, 0) is 30.3 Å². The summed E-state index contributed by atoms with van der Waals surface area (Å²) in [4.78, 5) is -0.272. The molecular weight excluding hydrogens is 304 g/mol. The Morgan fingerprint density at radius 3 is 2.45 bits per heavy atom. The second kappa shape index (κ2) is 5.58. The molecule has 0 aliphatic heterocycles. The van der Waals surface area contributed by atoms with Gasteiger partial charge in [-0.25, -0.2) is 0 Å². The Hall–Kier alpha value is -1.96. The first-order valence-corrected chi connectivity index (χ1v) is 7.16. The molecule has 0 aliphatic carbocycles. The van der Waals surface area contributed by atoms with Gasteiger partial charge in [0.2, 0.25) is 0 Å². The fourth-order valence-corrected chi connectivity index (χ4v) is 2.13. The van der Waals surface area contributed by atoms with E-state index in [2.05, 4.69) is 10.2 Å². The van der Waals surface area contributed by atoms with Gasteiger partial charge >= 0.3 is 0 Å². The van der Waals surface area contributed by atoms with Crippen LogP contribution in [0.1, 0.15) is 0 Å². The van der Waals surface area contributed by atoms with Crippen molar-refractivity contribution >= 4 is 33.1 Å². The number of phenolic OH excluding ortho intramolecular Hbond substituents is 1. The van der Waals surface area contributed by atoms with E-state index in [1.54, 1.807) is 0 Å². The van der Waals surface area contributed by atoms with Crippen LogP contribution in [0.3, 0.4) is 0 Å². The van der Waals surface area contributed by atoms with Gasteiger partial charge in [-0.15, -0.1) is 5.11 Å². The van der Waals surface area contributed by atoms with Crippen LogP contribution >= 0.6 is 11.6 Å². The number of hydrogen-bond donors (Lipinski definition) is 2. The number of azo groups is 1. The maximum absolute atomic E-state index is 11.0. The predicted molar refractivity (Wildman–Crippen MR) is 73.5 cm³/mol. The molecule has 20 heavy (non-hydrogen) atoms. The number of aromatic hydroxyl groups is 1. The summed E-state index contributed by atoms with van der Waals surface area (Å²) in [5.41, 5.74) is 0.561. The molecule has 0 spiro atoms. The molecule has 104 valence electrons. The minimum absolute atomic E-state index is 0.00215. The topological polar surface area (TPSA) is 99.3 Å². The summed E-state index contributed by atoms with van der Waals surface area (Å²) in [6, 6.07) is 9.53. The van der Waals surface area contributed by atoms with Gasteiger partial charge in [0.05, 0.1) is 15.6 Å². The molecule has 0 unspecified atom stereocenters. The largest absolute Gasteiger partial charge is 0.508 e. The van der Waals surface area contributed by atoms with Gasteiger partial charge in [-0.1, -0.05) is 17.7 Å². The molecule has 0 atom stereocenters. The fourth-order valence-electron chi connectivity index (χ4n) is 1.39. The van der Waals surface area contributed by atoms with Gasteiger partial charge in [-0.2, -0.15) is 13.5 Å². The number of nitrogens with zero attached hydrogens (tertiary/aromatic N) is 2. The molecule has 6 nitrogen and oxygen atoms in total. The molecule has 0 amide bonds. The third kappa shape index (κ3) is 3.53. The molecule has 0 saturated carbocycles. The molecule has 0 saturated heterocycles. The monoisotopic (exact) mass is 312 g/mol. The van der Waals surface area contributed by atoms with E-state index < -0.39 is 10.1 Å². The zero-order valence-electron chi connectivity index (χ0n) is 9.93. The van der Waals surface area contributed by atoms with Crippen molar-refractivity contribution in [3.8, 4) is 5.75 Å². The molecule has 2 N–H and O–H groups in total. The number of rotatable bonds is 3. The first kappa shape index (κ1) is 14.4. The third-order valence-corrected chi connectivity index (χ3v) is 3.47. The summed E-state index contributed by atoms with van der Waals surface area (Å²) in [6.45, 7) is 0. The molecule has 0 aliphatic rings. The van der Waals surface area contributed by atoms with E-state index in [-0.39, 0.29) is 21.4 Å². The molecule has 0 fully saturated rings. The highest BCUT2D eigenvalue weighted by molar-refractivity contribution is 7.85. The normalized spacial score (nSPS) is 11.9. The zero-order chi connectivity index (χ0) is 14.8. The van der Waals surface area contributed by atoms with E-state index in [0.29, 0.717) is 5.69 Å². The van der Waals surface area contributed by atoms with Gasteiger partial charge in [0.25, 0.3) is 10.1 Å². The summed E-state index contributed by atoms with van der Waals surface area (Å²) in [7, 11) is -4.28. The summed E-state index contributed by atoms with van der Waals surface area (Å²) in [5.74, 6) is 0.00215. The SMILES string of the molecule is O=S(=O)(O)c1cccc(N=Nc2ccc(O)cc2Cl)c1. The lowest BCUT2D eigenvalue weighted by atomic mass is 10.3. The lowest BCUT2D eigenvalue weighted by Crippen LogP contribution is -1.96. The summed E-state index contributed by atoms with van der Waals surface area (Å²) >= 11 is 5.85. The fraction of sp³-hybridized carbons (Fsp3) is 0. The lowest BCUT2D eigenvalue weighted by Gasteiger charge is -1.99. The highest BCUT2D eigenvalue weighted by Crippen LogP contribution is 2.30. The molecule has 8 heteroatoms. The number of halogens is 1. The average molecular weight is 313 g/mol. The van der Waals surface area contributed by atoms with Crippen molar-refractivity contribution in [1.29, 1.82) is 0 Å². The van der Waals surface area contributed by atoms with E-state index in [9.17, 15) is 13.5 Å². The summed E-state index contributed by atoms with van der Waals surface area (Å²) in [6.07, 6.45) is 0. The van der Waals surface area contributed by atoms with Crippen LogP contribution in [-0.4, -0.2) is 18.1 Å². The van der Waals surface area contributed by atoms with E-state index in [1.807, 2.05) is 0 Å². The molecular formula is C12H9ClN2O4S. The predicted octanol–water partition coefficient (Wildman–Crippen LogP) is 3.71. The zero-order valence-corrected chi connectivity index (χ0v) is 11.5. The van der Waals surface area contributed by atoms with Crippen LogP contribution < -0.4 is 0 Å². The Labute approximate surface area is 120 Å². The van der Waals surface area contributed by atoms with Crippen LogP contribution in [0.5, 0.6) is 5.75 Å². The minimum Gasteiger partial charge on any atom is -0.508 e. The smallest absolute Gasteiger partial charge is 0.294 e. The summed E-state index contributed by atoms with van der Waals surface area (Å²) in [5, 5.41) is 17.1. The molecule has 0 heterocycles. The lowest BCUT2D eigenvalue weighted by molar-refractivity contribution is 0.475. The van der Waals surface area contributed by atoms with Crippen molar-refractivity contribution in [2.24, 2.45) is 10.2 Å². The third-order valence-electron chi connectivity index (χ3n) is 2.32. The maximum Gasteiger partial charge on any atom is 0.294 e. The minimum atomic E-state index is -4.28. The maximum atomic E-state index is 11.0. The van der Waals surface area contributed by atoms with Gasteiger partial charge in [0, 0.05) is 6.07 Å². The second-order valence-corrected chi connectivity index (χ2v) is 5.64. The van der Waals surface area contributed by atoms with Crippen molar-refractivity contribution < 1.29 is 18.1 Å². The van der Waals surface area contributed by atoms with Crippen molar-refractivity contribution in [1.82, 2.24) is 0 Å². The Kier molecular flexibility index (Phi) is 4.03. The molecule has 0 radical (unpaired) electrons. The van der Waals surface area contributed by atoms with E-state index in [1.165, 1.54) is 42.5 Å². The van der Waals surface area contributed by atoms with E-state index in [0.717, 1.165) is 0 Å². The average Bonchev–Trinajstić information content (AvgIpc) is 2.37. The quantitative estimate of drug-likeness (QED) is 0.666. The standard InChI is InChI=1S/C12H9ClN2O4S/c13-11-7-9(16)4-5-12(11)15-14-8-2-1-3-10(6-8)20(17,18)19/h1-7,16H,(H,17,18,19). The van der Waals surface area contributed by atoms with Crippen molar-refractivity contribution in [2.45, 2.75) is 4.90 Å². The second-order valence-electron chi connectivity index (χ2n) is 3.81. The van der Waals surface area contributed by atoms with Crippen LogP contribution in [-0.2, 0) is 10.1 Å². The van der Waals surface area contributed by atoms with Crippen molar-refractivity contribution in [3.05, 3.63) is 47.5 Å². The number of hydrogen-bond acceptors (Lipinski definition) is 5. The molecule has 2 aromatic carbocycles. The van der Waals surface area contributed by atoms with Crippen LogP contribution in [0.4, 0.5) is 11.4 Å². The Morgan fingerprint density at radius 2 is 1.80 bits per heavy atom. The molecule has 2 aromatic rings. The Morgan fingerprint density at radius 1 is 1.05 bits per heavy atom. The number of benzene rings is 2. The highest BCUT2D eigenvalue weighted by atomic mass is 35.5. The van der Waals surface area contributed by atoms with Crippen molar-refractivity contribution in [3.63, 3.8) is 0 Å². The van der Waals surface area contributed by atoms with Gasteiger partial charge < -0.3 is 5.11 Å². The summed E-state index contributed by atoms with van der Waals surface area (Å²) < 4.78 is 30.9. The van der Waals surface area contributed by atoms with Gasteiger partial charge in [-0.3, -0.25) is 4.55 Å². The van der Waals surface area contributed by atoms with Gasteiger partial charge in [0.1, 0.15) is 11.4 Å². The first-order valence-electron chi connectivity index (χ1n) is 5.34. The van der Waals surface area contributed by atoms with Crippen LogP contribution in [0.2, 0.25) is 5.02 Å². The Balaban J connectivity index is 2.32. The van der Waals surface area contributed by atoms with E-state index >= 15 is 0 Å². The van der Waals surface area contributed by atoms with Crippen LogP contribution in [0.15, 0.2) is 57.6 Å². The number of phenols is 1. The molecule has 2 rings (SSSR count). The first-order chi connectivity index (χ1) is 9.36. The van der Waals surface area contributed by atoms with Crippen molar-refractivity contribution in [2.75, 3.05) is 0 Å². The Bertz CT molecular complexity index is 775.